The van der Waals surface area contributed by atoms with Crippen molar-refractivity contribution in [1.82, 2.24) is 0 Å². The third-order valence-corrected chi connectivity index (χ3v) is 4.93. The van der Waals surface area contributed by atoms with Gasteiger partial charge in [-0.05, 0) is 17.7 Å². The van der Waals surface area contributed by atoms with Gasteiger partial charge in [-0.2, -0.15) is 13.2 Å². The Kier molecular flexibility index (Phi) is 5.06. The summed E-state index contributed by atoms with van der Waals surface area (Å²) in [6.45, 7) is 0. The molecule has 0 aromatic heterocycles. The van der Waals surface area contributed by atoms with Crippen molar-refractivity contribution in [2.24, 2.45) is 10.7 Å². The largest absolute Gasteiger partial charge is 0.417 e. The quantitative estimate of drug-likeness (QED) is 0.657. The Morgan fingerprint density at radius 3 is 2.29 bits per heavy atom. The lowest BCUT2D eigenvalue weighted by atomic mass is 9.94. The molecule has 156 valence electrons. The van der Waals surface area contributed by atoms with Gasteiger partial charge < -0.3 is 11.1 Å². The summed E-state index contributed by atoms with van der Waals surface area (Å²) in [5.74, 6) is -1.98. The smallest absolute Gasteiger partial charge is 0.366 e. The molecule has 3 aromatic carbocycles. The van der Waals surface area contributed by atoms with Gasteiger partial charge in [0.05, 0.1) is 22.5 Å². The van der Waals surface area contributed by atoms with Crippen molar-refractivity contribution in [3.05, 3.63) is 101 Å². The molecule has 4 rings (SSSR count). The van der Waals surface area contributed by atoms with E-state index in [1.165, 1.54) is 6.07 Å². The summed E-state index contributed by atoms with van der Waals surface area (Å²) in [5.41, 5.74) is 4.77. The zero-order chi connectivity index (χ0) is 22.2. The van der Waals surface area contributed by atoms with Crippen LogP contribution in [0.3, 0.4) is 0 Å². The number of rotatable bonds is 3. The first kappa shape index (κ1) is 20.3. The molecule has 0 bridgehead atoms. The molecule has 0 fully saturated rings. The number of fused-ring (bicyclic) bond motifs is 1. The lowest BCUT2D eigenvalue weighted by molar-refractivity contribution is -0.138. The van der Waals surface area contributed by atoms with Crippen LogP contribution >= 0.6 is 0 Å². The number of para-hydroxylation sites is 1. The number of aliphatic imine (C=N–C) groups is 1. The van der Waals surface area contributed by atoms with Gasteiger partial charge in [0.15, 0.2) is 6.04 Å². The molecule has 0 saturated heterocycles. The molecule has 0 saturated carbocycles. The van der Waals surface area contributed by atoms with Crippen LogP contribution in [0.5, 0.6) is 0 Å². The van der Waals surface area contributed by atoms with E-state index in [4.69, 9.17) is 5.73 Å². The minimum atomic E-state index is -4.91. The molecular weight excluding hydrogens is 407 g/mol. The first-order valence-corrected chi connectivity index (χ1v) is 9.31. The number of anilines is 1. The fourth-order valence-electron chi connectivity index (χ4n) is 3.61. The number of nitrogens with zero attached hydrogens (tertiary/aromatic N) is 1. The molecule has 3 N–H and O–H groups in total. The normalized spacial score (nSPS) is 16.0. The second-order valence-corrected chi connectivity index (χ2v) is 6.91. The van der Waals surface area contributed by atoms with E-state index < -0.39 is 40.7 Å². The summed E-state index contributed by atoms with van der Waals surface area (Å²) in [4.78, 5) is 29.2. The summed E-state index contributed by atoms with van der Waals surface area (Å²) >= 11 is 0. The van der Waals surface area contributed by atoms with Crippen LogP contribution in [0.2, 0.25) is 0 Å². The summed E-state index contributed by atoms with van der Waals surface area (Å²) in [6, 6.07) is 17.5. The summed E-state index contributed by atoms with van der Waals surface area (Å²) < 4.78 is 41.8. The maximum Gasteiger partial charge on any atom is 0.417 e. The lowest BCUT2D eigenvalue weighted by Crippen LogP contribution is -2.25. The number of hydrogen-bond donors (Lipinski definition) is 2. The van der Waals surface area contributed by atoms with Crippen LogP contribution in [0, 0.1) is 0 Å². The second-order valence-electron chi connectivity index (χ2n) is 6.91. The van der Waals surface area contributed by atoms with Crippen LogP contribution in [-0.4, -0.2) is 17.5 Å². The van der Waals surface area contributed by atoms with E-state index >= 15 is 0 Å². The number of halogens is 3. The van der Waals surface area contributed by atoms with Crippen LogP contribution in [0.4, 0.5) is 18.9 Å². The minimum absolute atomic E-state index is 0.358. The van der Waals surface area contributed by atoms with Gasteiger partial charge in [0.2, 0.25) is 5.91 Å². The highest BCUT2D eigenvalue weighted by molar-refractivity contribution is 6.19. The van der Waals surface area contributed by atoms with E-state index in [0.717, 1.165) is 12.1 Å². The monoisotopic (exact) mass is 423 g/mol. The molecule has 0 radical (unpaired) electrons. The summed E-state index contributed by atoms with van der Waals surface area (Å²) in [5, 5.41) is 2.66. The van der Waals surface area contributed by atoms with E-state index in [2.05, 4.69) is 10.3 Å². The number of alkyl halides is 3. The number of carbonyl (C=O) groups is 2. The van der Waals surface area contributed by atoms with Gasteiger partial charge in [-0.3, -0.25) is 14.6 Å². The zero-order valence-corrected chi connectivity index (χ0v) is 16.0. The number of nitrogens with one attached hydrogen (secondary N) is 1. The Labute approximate surface area is 175 Å². The van der Waals surface area contributed by atoms with Crippen molar-refractivity contribution >= 4 is 23.2 Å². The number of hydrogen-bond acceptors (Lipinski definition) is 3. The molecule has 0 aliphatic carbocycles. The standard InChI is InChI=1S/C23H16F3N3O2/c24-23(25,26)18-15(10-6-11-16(18)21(27)30)20-22(31)28-17-12-5-4-9-14(17)19(29-20)13-7-2-1-3-8-13/h1-12,20H,(H2,27,30)(H,28,31). The van der Waals surface area contributed by atoms with Crippen molar-refractivity contribution < 1.29 is 22.8 Å². The number of amides is 2. The number of carbonyl (C=O) groups excluding carboxylic acids is 2. The lowest BCUT2D eigenvalue weighted by Gasteiger charge is -2.20. The third kappa shape index (κ3) is 3.79. The van der Waals surface area contributed by atoms with Gasteiger partial charge in [0, 0.05) is 11.1 Å². The molecule has 1 aliphatic heterocycles. The molecule has 3 aromatic rings. The first-order chi connectivity index (χ1) is 14.8. The molecule has 0 spiro atoms. The predicted octanol–water partition coefficient (Wildman–Crippen LogP) is 4.34. The van der Waals surface area contributed by atoms with E-state index in [0.29, 0.717) is 22.5 Å². The molecule has 31 heavy (non-hydrogen) atoms. The number of benzodiazepines with no additional fused rings is 1. The average molecular weight is 423 g/mol. The predicted molar refractivity (Wildman–Crippen MR) is 110 cm³/mol. The van der Waals surface area contributed by atoms with Crippen molar-refractivity contribution in [1.29, 1.82) is 0 Å². The van der Waals surface area contributed by atoms with Gasteiger partial charge >= 0.3 is 6.18 Å². The summed E-state index contributed by atoms with van der Waals surface area (Å²) in [6.07, 6.45) is -4.91. The Balaban J connectivity index is 2.00. The maximum absolute atomic E-state index is 13.9. The van der Waals surface area contributed by atoms with Crippen molar-refractivity contribution in [2.45, 2.75) is 12.2 Å². The van der Waals surface area contributed by atoms with Crippen molar-refractivity contribution in [3.8, 4) is 0 Å². The van der Waals surface area contributed by atoms with E-state index in [9.17, 15) is 22.8 Å². The van der Waals surface area contributed by atoms with Crippen molar-refractivity contribution in [2.75, 3.05) is 5.32 Å². The van der Waals surface area contributed by atoms with Gasteiger partial charge in [-0.1, -0.05) is 60.7 Å². The van der Waals surface area contributed by atoms with Crippen molar-refractivity contribution in [3.63, 3.8) is 0 Å². The van der Waals surface area contributed by atoms with Gasteiger partial charge in [-0.15, -0.1) is 0 Å². The number of primary amides is 1. The molecule has 1 heterocycles. The van der Waals surface area contributed by atoms with Gasteiger partial charge in [0.1, 0.15) is 0 Å². The first-order valence-electron chi connectivity index (χ1n) is 9.31. The fraction of sp³-hybridized carbons (Fsp3) is 0.0870. The van der Waals surface area contributed by atoms with Crippen LogP contribution in [-0.2, 0) is 11.0 Å². The van der Waals surface area contributed by atoms with Gasteiger partial charge in [-0.25, -0.2) is 0 Å². The highest BCUT2D eigenvalue weighted by Gasteiger charge is 2.41. The van der Waals surface area contributed by atoms with Gasteiger partial charge in [0.25, 0.3) is 5.91 Å². The molecule has 1 aliphatic rings. The Morgan fingerprint density at radius 2 is 1.61 bits per heavy atom. The van der Waals surface area contributed by atoms with E-state index in [1.807, 2.05) is 0 Å². The fourth-order valence-corrected chi connectivity index (χ4v) is 3.61. The Hall–Kier alpha value is -3.94. The molecule has 8 heteroatoms. The molecular formula is C23H16F3N3O2. The van der Waals surface area contributed by atoms with Crippen LogP contribution < -0.4 is 11.1 Å². The Bertz CT molecular complexity index is 1200. The third-order valence-electron chi connectivity index (χ3n) is 4.93. The van der Waals surface area contributed by atoms with Crippen LogP contribution in [0.25, 0.3) is 0 Å². The Morgan fingerprint density at radius 1 is 0.935 bits per heavy atom. The zero-order valence-electron chi connectivity index (χ0n) is 16.0. The minimum Gasteiger partial charge on any atom is -0.366 e. The molecule has 1 atom stereocenters. The maximum atomic E-state index is 13.9. The molecule has 2 amide bonds. The van der Waals surface area contributed by atoms with E-state index in [-0.39, 0.29) is 0 Å². The highest BCUT2D eigenvalue weighted by Crippen LogP contribution is 2.40. The van der Waals surface area contributed by atoms with Crippen LogP contribution in [0.1, 0.15) is 38.7 Å². The SMILES string of the molecule is NC(=O)c1cccc(C2N=C(c3ccccc3)c3ccccc3NC2=O)c1C(F)(F)F. The molecule has 1 unspecified atom stereocenters. The molecule has 5 nitrogen and oxygen atoms in total. The number of benzene rings is 3. The summed E-state index contributed by atoms with van der Waals surface area (Å²) in [7, 11) is 0. The average Bonchev–Trinajstić information content (AvgIpc) is 2.89. The van der Waals surface area contributed by atoms with Crippen LogP contribution in [0.15, 0.2) is 77.8 Å². The highest BCUT2D eigenvalue weighted by atomic mass is 19.4. The topological polar surface area (TPSA) is 84.6 Å². The number of nitrogens with two attached hydrogens (primary N) is 1. The van der Waals surface area contributed by atoms with E-state index in [1.54, 1.807) is 54.6 Å². The second kappa shape index (κ2) is 7.71.